The van der Waals surface area contributed by atoms with E-state index in [0.717, 1.165) is 12.2 Å². The highest BCUT2D eigenvalue weighted by Crippen LogP contribution is 2.48. The second-order valence-electron chi connectivity index (χ2n) is 5.70. The molecule has 1 aromatic carbocycles. The molecule has 0 spiro atoms. The number of piperidine rings is 1. The van der Waals surface area contributed by atoms with Crippen molar-refractivity contribution in [3.05, 3.63) is 23.8 Å². The summed E-state index contributed by atoms with van der Waals surface area (Å²) in [5.41, 5.74) is 1.37. The Labute approximate surface area is 113 Å². The summed E-state index contributed by atoms with van der Waals surface area (Å²) in [6, 6.07) is 7.18. The van der Waals surface area contributed by atoms with Crippen molar-refractivity contribution in [2.24, 2.45) is 0 Å². The highest BCUT2D eigenvalue weighted by molar-refractivity contribution is 8.00. The van der Waals surface area contributed by atoms with Gasteiger partial charge in [-0.15, -0.1) is 0 Å². The predicted molar refractivity (Wildman–Crippen MR) is 76.4 cm³/mol. The van der Waals surface area contributed by atoms with Gasteiger partial charge in [0.1, 0.15) is 5.75 Å². The van der Waals surface area contributed by atoms with E-state index in [-0.39, 0.29) is 4.93 Å². The second kappa shape index (κ2) is 4.78. The smallest absolute Gasteiger partial charge is 0.153 e. The standard InChI is InChI=1S/C15H21NOS/c1-15(2)17-14-11(6-5-8-13(14)18-15)10-12-7-3-4-9-16-12/h5-6,8,12,16H,3-4,7,9-10H2,1-2H3. The van der Waals surface area contributed by atoms with Gasteiger partial charge in [0.05, 0.1) is 4.90 Å². The topological polar surface area (TPSA) is 21.3 Å². The van der Waals surface area contributed by atoms with Crippen LogP contribution < -0.4 is 10.1 Å². The first-order valence-corrected chi connectivity index (χ1v) is 7.69. The van der Waals surface area contributed by atoms with Crippen molar-refractivity contribution in [3.63, 3.8) is 0 Å². The Hall–Kier alpha value is -0.670. The normalized spacial score (nSPS) is 25.6. The predicted octanol–water partition coefficient (Wildman–Crippen LogP) is 3.59. The third-order valence-electron chi connectivity index (χ3n) is 3.64. The zero-order chi connectivity index (χ0) is 12.6. The molecule has 0 amide bonds. The fourth-order valence-corrected chi connectivity index (χ4v) is 3.88. The van der Waals surface area contributed by atoms with Gasteiger partial charge in [-0.2, -0.15) is 0 Å². The molecular formula is C15H21NOS. The van der Waals surface area contributed by atoms with Crippen molar-refractivity contribution in [1.82, 2.24) is 5.32 Å². The van der Waals surface area contributed by atoms with Crippen LogP contribution in [0.5, 0.6) is 5.75 Å². The lowest BCUT2D eigenvalue weighted by Crippen LogP contribution is -2.35. The third kappa shape index (κ3) is 2.52. The van der Waals surface area contributed by atoms with Gasteiger partial charge in [-0.3, -0.25) is 0 Å². The van der Waals surface area contributed by atoms with Crippen molar-refractivity contribution in [1.29, 1.82) is 0 Å². The Bertz CT molecular complexity index is 438. The Morgan fingerprint density at radius 1 is 1.39 bits per heavy atom. The molecule has 1 aromatic rings. The van der Waals surface area contributed by atoms with E-state index >= 15 is 0 Å². The number of hydrogen-bond acceptors (Lipinski definition) is 3. The quantitative estimate of drug-likeness (QED) is 0.881. The number of rotatable bonds is 2. The Morgan fingerprint density at radius 3 is 3.06 bits per heavy atom. The maximum atomic E-state index is 6.10. The number of nitrogens with one attached hydrogen (secondary N) is 1. The van der Waals surface area contributed by atoms with E-state index in [1.54, 1.807) is 0 Å². The largest absolute Gasteiger partial charge is 0.475 e. The molecule has 1 fully saturated rings. The summed E-state index contributed by atoms with van der Waals surface area (Å²) in [5, 5.41) is 3.62. The molecule has 2 aliphatic heterocycles. The lowest BCUT2D eigenvalue weighted by molar-refractivity contribution is 0.212. The highest BCUT2D eigenvalue weighted by atomic mass is 32.2. The average Bonchev–Trinajstić information content (AvgIpc) is 2.66. The number of benzene rings is 1. The van der Waals surface area contributed by atoms with Crippen molar-refractivity contribution < 1.29 is 4.74 Å². The van der Waals surface area contributed by atoms with E-state index in [1.165, 1.54) is 36.3 Å². The Kier molecular flexibility index (Phi) is 3.29. The summed E-state index contributed by atoms with van der Waals surface area (Å²) in [6.07, 6.45) is 5.07. The maximum Gasteiger partial charge on any atom is 0.153 e. The molecule has 0 saturated carbocycles. The zero-order valence-electron chi connectivity index (χ0n) is 11.2. The van der Waals surface area contributed by atoms with Gasteiger partial charge < -0.3 is 10.1 Å². The van der Waals surface area contributed by atoms with Gasteiger partial charge >= 0.3 is 0 Å². The van der Waals surface area contributed by atoms with Gasteiger partial charge in [0.2, 0.25) is 0 Å². The van der Waals surface area contributed by atoms with Crippen LogP contribution in [0.25, 0.3) is 0 Å². The first kappa shape index (κ1) is 12.4. The van der Waals surface area contributed by atoms with Crippen LogP contribution in [-0.2, 0) is 6.42 Å². The summed E-state index contributed by atoms with van der Waals surface area (Å²) < 4.78 is 6.10. The monoisotopic (exact) mass is 263 g/mol. The van der Waals surface area contributed by atoms with E-state index in [4.69, 9.17) is 4.74 Å². The van der Waals surface area contributed by atoms with Crippen LogP contribution in [0.1, 0.15) is 38.7 Å². The molecule has 3 rings (SSSR count). The van der Waals surface area contributed by atoms with Gasteiger partial charge in [-0.05, 0) is 51.3 Å². The molecule has 98 valence electrons. The van der Waals surface area contributed by atoms with Crippen LogP contribution >= 0.6 is 11.8 Å². The van der Waals surface area contributed by atoms with Crippen molar-refractivity contribution in [2.75, 3.05) is 6.54 Å². The number of fused-ring (bicyclic) bond motifs is 1. The molecule has 1 saturated heterocycles. The van der Waals surface area contributed by atoms with Gasteiger partial charge in [0, 0.05) is 6.04 Å². The second-order valence-corrected chi connectivity index (χ2v) is 7.33. The van der Waals surface area contributed by atoms with Crippen molar-refractivity contribution in [3.8, 4) is 5.75 Å². The third-order valence-corrected chi connectivity index (χ3v) is 4.76. The fraction of sp³-hybridized carbons (Fsp3) is 0.600. The van der Waals surface area contributed by atoms with E-state index in [9.17, 15) is 0 Å². The molecule has 1 N–H and O–H groups in total. The number of thioether (sulfide) groups is 1. The molecular weight excluding hydrogens is 242 g/mol. The van der Waals surface area contributed by atoms with Crippen LogP contribution in [0.2, 0.25) is 0 Å². The van der Waals surface area contributed by atoms with Gasteiger partial charge in [0.25, 0.3) is 0 Å². The highest BCUT2D eigenvalue weighted by Gasteiger charge is 2.32. The SMILES string of the molecule is CC1(C)Oc2c(CC3CCCCN3)cccc2S1. The van der Waals surface area contributed by atoms with Crippen LogP contribution in [0.15, 0.2) is 23.1 Å². The molecule has 1 unspecified atom stereocenters. The summed E-state index contributed by atoms with van der Waals surface area (Å²) >= 11 is 1.83. The minimum absolute atomic E-state index is 0.113. The van der Waals surface area contributed by atoms with E-state index in [0.29, 0.717) is 6.04 Å². The minimum Gasteiger partial charge on any atom is -0.475 e. The molecule has 2 nitrogen and oxygen atoms in total. The number of hydrogen-bond donors (Lipinski definition) is 1. The average molecular weight is 263 g/mol. The Balaban J connectivity index is 1.79. The molecule has 18 heavy (non-hydrogen) atoms. The fourth-order valence-electron chi connectivity index (χ4n) is 2.81. The minimum atomic E-state index is -0.113. The molecule has 2 heterocycles. The maximum absolute atomic E-state index is 6.10. The first-order valence-electron chi connectivity index (χ1n) is 6.87. The van der Waals surface area contributed by atoms with Gasteiger partial charge in [-0.1, -0.05) is 30.3 Å². The summed E-state index contributed by atoms with van der Waals surface area (Å²) in [4.78, 5) is 1.19. The lowest BCUT2D eigenvalue weighted by atomic mass is 9.97. The first-order chi connectivity index (χ1) is 8.64. The van der Waals surface area contributed by atoms with Crippen LogP contribution in [0, 0.1) is 0 Å². The van der Waals surface area contributed by atoms with Crippen LogP contribution in [0.3, 0.4) is 0 Å². The van der Waals surface area contributed by atoms with E-state index in [2.05, 4.69) is 37.4 Å². The van der Waals surface area contributed by atoms with Crippen LogP contribution in [-0.4, -0.2) is 17.5 Å². The van der Waals surface area contributed by atoms with Crippen LogP contribution in [0.4, 0.5) is 0 Å². The van der Waals surface area contributed by atoms with Gasteiger partial charge in [0.15, 0.2) is 4.93 Å². The Morgan fingerprint density at radius 2 is 2.28 bits per heavy atom. The molecule has 1 atom stereocenters. The summed E-state index contributed by atoms with van der Waals surface area (Å²) in [5.74, 6) is 1.12. The van der Waals surface area contributed by atoms with E-state index < -0.39 is 0 Å². The molecule has 2 aliphatic rings. The zero-order valence-corrected chi connectivity index (χ0v) is 12.0. The lowest BCUT2D eigenvalue weighted by Gasteiger charge is -2.24. The number of ether oxygens (including phenoxy) is 1. The molecule has 0 radical (unpaired) electrons. The van der Waals surface area contributed by atoms with Crippen molar-refractivity contribution in [2.45, 2.75) is 55.4 Å². The molecule has 0 aliphatic carbocycles. The van der Waals surface area contributed by atoms with Gasteiger partial charge in [-0.25, -0.2) is 0 Å². The van der Waals surface area contributed by atoms with Crippen molar-refractivity contribution >= 4 is 11.8 Å². The number of para-hydroxylation sites is 1. The van der Waals surface area contributed by atoms with E-state index in [1.807, 2.05) is 11.8 Å². The molecule has 0 bridgehead atoms. The molecule has 3 heteroatoms. The summed E-state index contributed by atoms with van der Waals surface area (Å²) in [6.45, 7) is 5.45. The summed E-state index contributed by atoms with van der Waals surface area (Å²) in [7, 11) is 0. The molecule has 0 aromatic heterocycles.